The second-order valence-corrected chi connectivity index (χ2v) is 10.1. The van der Waals surface area contributed by atoms with Crippen molar-refractivity contribution < 1.29 is 33.1 Å². The van der Waals surface area contributed by atoms with Crippen LogP contribution in [-0.2, 0) is 30.3 Å². The minimum absolute atomic E-state index is 0.0168. The predicted octanol–water partition coefficient (Wildman–Crippen LogP) is 2.20. The largest absolute Gasteiger partial charge is 0.456 e. The Morgan fingerprint density at radius 3 is 2.63 bits per heavy atom. The van der Waals surface area contributed by atoms with Gasteiger partial charge in [-0.05, 0) is 31.4 Å². The van der Waals surface area contributed by atoms with Gasteiger partial charge in [0.15, 0.2) is 5.12 Å². The molecule has 1 aromatic heterocycles. The number of pyridine rings is 1. The molecule has 38 heavy (non-hydrogen) atoms. The summed E-state index contributed by atoms with van der Waals surface area (Å²) in [7, 11) is 0. The summed E-state index contributed by atoms with van der Waals surface area (Å²) in [6.07, 6.45) is 4.17. The van der Waals surface area contributed by atoms with Gasteiger partial charge in [0.05, 0.1) is 6.42 Å². The summed E-state index contributed by atoms with van der Waals surface area (Å²) >= 11 is 1.16. The number of halogens is 1. The molecule has 1 aliphatic heterocycles. The molecule has 2 bridgehead atoms. The number of hydrogen-bond donors (Lipinski definition) is 3. The molecule has 3 amide bonds. The van der Waals surface area contributed by atoms with Crippen LogP contribution in [0.3, 0.4) is 0 Å². The molecule has 0 spiro atoms. The van der Waals surface area contributed by atoms with Crippen LogP contribution in [0.4, 0.5) is 4.39 Å². The number of esters is 1. The molecule has 0 saturated heterocycles. The molecule has 0 fully saturated rings. The summed E-state index contributed by atoms with van der Waals surface area (Å²) in [5, 5.41) is 7.63. The molecular formula is C26H33FN4O6S. The zero-order chi connectivity index (χ0) is 28.2. The second-order valence-electron chi connectivity index (χ2n) is 8.85. The van der Waals surface area contributed by atoms with Crippen LogP contribution in [-0.4, -0.2) is 58.2 Å². The fourth-order valence-corrected chi connectivity index (χ4v) is 3.97. The van der Waals surface area contributed by atoms with Crippen molar-refractivity contribution in [1.82, 2.24) is 20.9 Å². The van der Waals surface area contributed by atoms with E-state index in [0.717, 1.165) is 23.9 Å². The van der Waals surface area contributed by atoms with Gasteiger partial charge >= 0.3 is 5.97 Å². The maximum atomic E-state index is 14.2. The van der Waals surface area contributed by atoms with Crippen molar-refractivity contribution in [3.05, 3.63) is 53.3 Å². The van der Waals surface area contributed by atoms with Gasteiger partial charge in [0.25, 0.3) is 11.8 Å². The van der Waals surface area contributed by atoms with E-state index in [1.807, 2.05) is 0 Å². The molecule has 2 atom stereocenters. The number of aromatic nitrogens is 1. The highest BCUT2D eigenvalue weighted by Crippen LogP contribution is 2.12. The second kappa shape index (κ2) is 15.0. The van der Waals surface area contributed by atoms with Crippen LogP contribution in [0.1, 0.15) is 56.7 Å². The maximum absolute atomic E-state index is 14.2. The van der Waals surface area contributed by atoms with Crippen molar-refractivity contribution in [3.8, 4) is 0 Å². The molecule has 3 N–H and O–H groups in total. The van der Waals surface area contributed by atoms with Gasteiger partial charge < -0.3 is 20.7 Å². The molecule has 0 unspecified atom stereocenters. The van der Waals surface area contributed by atoms with E-state index in [0.29, 0.717) is 12.2 Å². The highest BCUT2D eigenvalue weighted by molar-refractivity contribution is 8.13. The predicted molar refractivity (Wildman–Crippen MR) is 140 cm³/mol. The quantitative estimate of drug-likeness (QED) is 0.220. The summed E-state index contributed by atoms with van der Waals surface area (Å²) in [5.41, 5.74) is -0.158. The summed E-state index contributed by atoms with van der Waals surface area (Å²) < 4.78 is 19.8. The Hall–Kier alpha value is -3.54. The standard InChI is InChI=1S/C26H33FN4O6S/c1-5-20-24(34)31-23(15(2)3)26(36)37-19(8-6-7-11-38-16(4)32)14-22(33)28-10-9-18-12-17(27)13-21(29-18)25(35)30-20/h5-6,8,12-13,15,19,23H,7,9-11,14H2,1-4H3,(H,28,33)(H,30,35)(H,31,34)/b8-6+,20-5-/t19-,23+/m1/s1. The Kier molecular flexibility index (Phi) is 12.1. The van der Waals surface area contributed by atoms with E-state index in [1.165, 1.54) is 19.9 Å². The van der Waals surface area contributed by atoms with Crippen LogP contribution < -0.4 is 16.0 Å². The number of thioether (sulfide) groups is 1. The van der Waals surface area contributed by atoms with E-state index in [1.54, 1.807) is 26.0 Å². The lowest BCUT2D eigenvalue weighted by Crippen LogP contribution is -2.48. The Balaban J connectivity index is 2.35. The zero-order valence-corrected chi connectivity index (χ0v) is 22.7. The number of allylic oxidation sites excluding steroid dienone is 2. The van der Waals surface area contributed by atoms with Crippen LogP contribution in [0.2, 0.25) is 0 Å². The first-order chi connectivity index (χ1) is 18.0. The minimum Gasteiger partial charge on any atom is -0.456 e. The number of carbonyl (C=O) groups is 5. The van der Waals surface area contributed by atoms with Crippen molar-refractivity contribution in [3.63, 3.8) is 0 Å². The molecule has 1 aromatic rings. The normalized spacial score (nSPS) is 21.1. The van der Waals surface area contributed by atoms with Gasteiger partial charge in [-0.15, -0.1) is 0 Å². The van der Waals surface area contributed by atoms with Gasteiger partial charge in [-0.3, -0.25) is 19.2 Å². The highest BCUT2D eigenvalue weighted by atomic mass is 32.2. The van der Waals surface area contributed by atoms with E-state index in [2.05, 4.69) is 20.9 Å². The fourth-order valence-electron chi connectivity index (χ4n) is 3.43. The first-order valence-corrected chi connectivity index (χ1v) is 13.2. The Morgan fingerprint density at radius 1 is 1.24 bits per heavy atom. The molecule has 12 heteroatoms. The van der Waals surface area contributed by atoms with Crippen LogP contribution >= 0.6 is 11.8 Å². The molecule has 10 nitrogen and oxygen atoms in total. The van der Waals surface area contributed by atoms with Crippen molar-refractivity contribution in [1.29, 1.82) is 0 Å². The number of carbonyl (C=O) groups excluding carboxylic acids is 5. The lowest BCUT2D eigenvalue weighted by Gasteiger charge is -2.24. The first kappa shape index (κ1) is 30.7. The summed E-state index contributed by atoms with van der Waals surface area (Å²) in [6, 6.07) is 1.01. The molecule has 1 aliphatic rings. The molecule has 0 aromatic carbocycles. The number of cyclic esters (lactones) is 1. The van der Waals surface area contributed by atoms with Crippen molar-refractivity contribution in [2.75, 3.05) is 12.3 Å². The summed E-state index contributed by atoms with van der Waals surface area (Å²) in [5.74, 6) is -3.28. The summed E-state index contributed by atoms with van der Waals surface area (Å²) in [6.45, 7) is 6.50. The van der Waals surface area contributed by atoms with E-state index >= 15 is 0 Å². The third-order valence-electron chi connectivity index (χ3n) is 5.36. The smallest absolute Gasteiger partial charge is 0.329 e. The van der Waals surface area contributed by atoms with Crippen molar-refractivity contribution >= 4 is 40.6 Å². The molecule has 206 valence electrons. The Labute approximate surface area is 225 Å². The molecule has 2 rings (SSSR count). The topological polar surface area (TPSA) is 144 Å². The molecule has 0 saturated carbocycles. The van der Waals surface area contributed by atoms with E-state index in [-0.39, 0.29) is 47.5 Å². The number of nitrogens with one attached hydrogen (secondary N) is 3. The lowest BCUT2D eigenvalue weighted by molar-refractivity contribution is -0.153. The third kappa shape index (κ3) is 10.1. The summed E-state index contributed by atoms with van der Waals surface area (Å²) in [4.78, 5) is 66.5. The Bertz CT molecular complexity index is 1120. The molecule has 0 radical (unpaired) electrons. The van der Waals surface area contributed by atoms with Gasteiger partial charge in [-0.1, -0.05) is 37.8 Å². The average molecular weight is 549 g/mol. The van der Waals surface area contributed by atoms with Crippen LogP contribution in [0, 0.1) is 11.7 Å². The van der Waals surface area contributed by atoms with Gasteiger partial charge in [0, 0.05) is 37.4 Å². The van der Waals surface area contributed by atoms with E-state index < -0.39 is 41.7 Å². The van der Waals surface area contributed by atoms with E-state index in [4.69, 9.17) is 4.74 Å². The van der Waals surface area contributed by atoms with Crippen LogP contribution in [0.15, 0.2) is 36.1 Å². The van der Waals surface area contributed by atoms with Crippen LogP contribution in [0.5, 0.6) is 0 Å². The highest BCUT2D eigenvalue weighted by Gasteiger charge is 2.30. The fraction of sp³-hybridized carbons (Fsp3) is 0.462. The number of rotatable bonds is 5. The number of fused-ring (bicyclic) bond motifs is 2. The third-order valence-corrected chi connectivity index (χ3v) is 6.21. The van der Waals surface area contributed by atoms with Crippen LogP contribution in [0.25, 0.3) is 0 Å². The number of ether oxygens (including phenoxy) is 1. The molecule has 2 heterocycles. The van der Waals surface area contributed by atoms with Gasteiger partial charge in [-0.2, -0.15) is 0 Å². The minimum atomic E-state index is -1.09. The maximum Gasteiger partial charge on any atom is 0.329 e. The van der Waals surface area contributed by atoms with E-state index in [9.17, 15) is 28.4 Å². The SMILES string of the molecule is C/C=C1\NC(=O)c2cc(F)cc(n2)CCNC(=O)C[C@@H](/C=C/CCSC(C)=O)OC(=O)[C@H](C(C)C)NC1=O. The molecular weight excluding hydrogens is 515 g/mol. The van der Waals surface area contributed by atoms with Crippen molar-refractivity contribution in [2.45, 2.75) is 59.1 Å². The molecule has 0 aliphatic carbocycles. The first-order valence-electron chi connectivity index (χ1n) is 12.2. The average Bonchev–Trinajstić information content (AvgIpc) is 2.83. The zero-order valence-electron chi connectivity index (χ0n) is 21.8. The van der Waals surface area contributed by atoms with Crippen molar-refractivity contribution in [2.24, 2.45) is 5.92 Å². The number of amides is 3. The van der Waals surface area contributed by atoms with Gasteiger partial charge in [0.1, 0.15) is 29.4 Å². The van der Waals surface area contributed by atoms with Gasteiger partial charge in [-0.25, -0.2) is 14.2 Å². The van der Waals surface area contributed by atoms with Gasteiger partial charge in [0.2, 0.25) is 5.91 Å². The number of hydrogen-bond acceptors (Lipinski definition) is 8. The Morgan fingerprint density at radius 2 is 1.97 bits per heavy atom. The number of nitrogens with zero attached hydrogens (tertiary/aromatic N) is 1. The lowest BCUT2D eigenvalue weighted by atomic mass is 10.0. The monoisotopic (exact) mass is 548 g/mol.